The summed E-state index contributed by atoms with van der Waals surface area (Å²) in [5, 5.41) is 9.06. The van der Waals surface area contributed by atoms with E-state index in [1.807, 2.05) is 16.7 Å². The van der Waals surface area contributed by atoms with E-state index < -0.39 is 0 Å². The molecule has 0 atom stereocenters. The van der Waals surface area contributed by atoms with Gasteiger partial charge in [0.05, 0.1) is 23.5 Å². The average molecular weight is 240 g/mol. The molecule has 0 unspecified atom stereocenters. The Kier molecular flexibility index (Phi) is 2.30. The predicted octanol–water partition coefficient (Wildman–Crippen LogP) is 1.29. The van der Waals surface area contributed by atoms with Crippen LogP contribution in [0.3, 0.4) is 0 Å². The molecule has 2 aliphatic rings. The number of likely N-dealkylation sites (N-methyl/N-ethyl adjacent to an activating group) is 1. The van der Waals surface area contributed by atoms with E-state index in [4.69, 9.17) is 5.26 Å². The molecule has 0 saturated carbocycles. The van der Waals surface area contributed by atoms with Crippen molar-refractivity contribution in [3.63, 3.8) is 0 Å². The van der Waals surface area contributed by atoms with Crippen molar-refractivity contribution in [3.05, 3.63) is 35.4 Å². The van der Waals surface area contributed by atoms with Gasteiger partial charge in [-0.1, -0.05) is 12.2 Å². The number of imidazole rings is 1. The first-order valence-electron chi connectivity index (χ1n) is 5.85. The minimum atomic E-state index is 0.00791. The maximum Gasteiger partial charge on any atom is 0.255 e. The highest BCUT2D eigenvalue weighted by atomic mass is 16.2. The van der Waals surface area contributed by atoms with E-state index in [-0.39, 0.29) is 5.91 Å². The molecule has 0 fully saturated rings. The highest BCUT2D eigenvalue weighted by Gasteiger charge is 2.29. The first kappa shape index (κ1) is 10.8. The Morgan fingerprint density at radius 3 is 2.94 bits per heavy atom. The molecule has 0 saturated heterocycles. The lowest BCUT2D eigenvalue weighted by Crippen LogP contribution is -2.26. The number of rotatable bonds is 0. The SMILES string of the molecule is CN1Cc2c(C#N)ncn2C2=CCCC=C2C1=O. The Hall–Kier alpha value is -2.35. The third-order valence-corrected chi connectivity index (χ3v) is 3.32. The van der Waals surface area contributed by atoms with Crippen molar-refractivity contribution in [3.8, 4) is 6.07 Å². The topological polar surface area (TPSA) is 61.9 Å². The predicted molar refractivity (Wildman–Crippen MR) is 65.0 cm³/mol. The number of carbonyl (C=O) groups is 1. The number of allylic oxidation sites excluding steroid dienone is 2. The summed E-state index contributed by atoms with van der Waals surface area (Å²) in [6.07, 6.45) is 7.43. The van der Waals surface area contributed by atoms with Gasteiger partial charge in [-0.05, 0) is 12.8 Å². The fourth-order valence-electron chi connectivity index (χ4n) is 2.42. The van der Waals surface area contributed by atoms with Crippen molar-refractivity contribution < 1.29 is 4.79 Å². The van der Waals surface area contributed by atoms with Crippen LogP contribution in [-0.2, 0) is 11.3 Å². The summed E-state index contributed by atoms with van der Waals surface area (Å²) < 4.78 is 1.87. The maximum atomic E-state index is 12.2. The van der Waals surface area contributed by atoms with Gasteiger partial charge in [-0.2, -0.15) is 5.26 Å². The summed E-state index contributed by atoms with van der Waals surface area (Å²) in [6.45, 7) is 0.413. The van der Waals surface area contributed by atoms with Crippen LogP contribution in [0.1, 0.15) is 24.2 Å². The van der Waals surface area contributed by atoms with Crippen molar-refractivity contribution >= 4 is 11.6 Å². The van der Waals surface area contributed by atoms with Crippen molar-refractivity contribution in [1.29, 1.82) is 5.26 Å². The molecule has 5 heteroatoms. The normalized spacial score (nSPS) is 18.2. The Balaban J connectivity index is 2.24. The second-order valence-electron chi connectivity index (χ2n) is 4.47. The zero-order valence-electron chi connectivity index (χ0n) is 10.1. The molecule has 1 aliphatic carbocycles. The van der Waals surface area contributed by atoms with Gasteiger partial charge >= 0.3 is 0 Å². The van der Waals surface area contributed by atoms with Gasteiger partial charge in [0, 0.05) is 7.05 Å². The number of aromatic nitrogens is 2. The number of hydrogen-bond acceptors (Lipinski definition) is 3. The van der Waals surface area contributed by atoms with Crippen LogP contribution in [0.5, 0.6) is 0 Å². The summed E-state index contributed by atoms with van der Waals surface area (Å²) in [6, 6.07) is 2.08. The van der Waals surface area contributed by atoms with E-state index in [1.165, 1.54) is 0 Å². The van der Waals surface area contributed by atoms with Gasteiger partial charge in [-0.15, -0.1) is 0 Å². The summed E-state index contributed by atoms with van der Waals surface area (Å²) in [7, 11) is 1.75. The minimum absolute atomic E-state index is 0.00791. The lowest BCUT2D eigenvalue weighted by atomic mass is 10.0. The van der Waals surface area contributed by atoms with Gasteiger partial charge in [0.15, 0.2) is 5.69 Å². The smallest absolute Gasteiger partial charge is 0.255 e. The van der Waals surface area contributed by atoms with E-state index in [1.54, 1.807) is 18.3 Å². The number of carbonyl (C=O) groups excluding carboxylic acids is 1. The van der Waals surface area contributed by atoms with Gasteiger partial charge in [0.25, 0.3) is 5.91 Å². The molecule has 0 bridgehead atoms. The zero-order valence-corrected chi connectivity index (χ0v) is 10.1. The molecule has 0 aromatic carbocycles. The second kappa shape index (κ2) is 3.84. The Labute approximate surface area is 105 Å². The summed E-state index contributed by atoms with van der Waals surface area (Å²) in [5.41, 5.74) is 2.75. The number of nitriles is 1. The van der Waals surface area contributed by atoms with E-state index in [9.17, 15) is 4.79 Å². The molecular weight excluding hydrogens is 228 g/mol. The lowest BCUT2D eigenvalue weighted by molar-refractivity contribution is -0.125. The van der Waals surface area contributed by atoms with Gasteiger partial charge in [-0.3, -0.25) is 9.36 Å². The fraction of sp³-hybridized carbons (Fsp3) is 0.308. The van der Waals surface area contributed by atoms with Crippen LogP contribution < -0.4 is 0 Å². The molecule has 1 aliphatic heterocycles. The van der Waals surface area contributed by atoms with Gasteiger partial charge in [0.1, 0.15) is 12.4 Å². The molecule has 1 aromatic rings. The Bertz CT molecular complexity index is 630. The fourth-order valence-corrected chi connectivity index (χ4v) is 2.42. The molecule has 0 spiro atoms. The molecular formula is C13H12N4O. The maximum absolute atomic E-state index is 12.2. The Morgan fingerprint density at radius 2 is 2.17 bits per heavy atom. The van der Waals surface area contributed by atoms with E-state index in [2.05, 4.69) is 11.1 Å². The first-order valence-corrected chi connectivity index (χ1v) is 5.85. The highest BCUT2D eigenvalue weighted by Crippen LogP contribution is 2.30. The second-order valence-corrected chi connectivity index (χ2v) is 4.47. The van der Waals surface area contributed by atoms with Crippen LogP contribution in [0.15, 0.2) is 24.1 Å². The number of nitrogens with zero attached hydrogens (tertiary/aromatic N) is 4. The average Bonchev–Trinajstić information content (AvgIpc) is 2.76. The van der Waals surface area contributed by atoms with Crippen LogP contribution in [0.25, 0.3) is 5.70 Å². The standard InChI is InChI=1S/C13H12N4O/c1-16-7-12-10(6-14)15-8-17(12)11-5-3-2-4-9(11)13(16)18/h4-5,8H,2-3,7H2,1H3. The summed E-state index contributed by atoms with van der Waals surface area (Å²) in [4.78, 5) is 18.0. The molecule has 2 heterocycles. The molecule has 3 rings (SSSR count). The third-order valence-electron chi connectivity index (χ3n) is 3.32. The molecule has 0 radical (unpaired) electrons. The molecule has 5 nitrogen and oxygen atoms in total. The minimum Gasteiger partial charge on any atom is -0.336 e. The first-order chi connectivity index (χ1) is 8.72. The molecule has 18 heavy (non-hydrogen) atoms. The number of fused-ring (bicyclic) bond motifs is 3. The van der Waals surface area contributed by atoms with Crippen molar-refractivity contribution in [1.82, 2.24) is 14.5 Å². The largest absolute Gasteiger partial charge is 0.336 e. The quantitative estimate of drug-likeness (QED) is 0.686. The van der Waals surface area contributed by atoms with E-state index in [0.717, 1.165) is 24.2 Å². The van der Waals surface area contributed by atoms with Crippen molar-refractivity contribution in [2.75, 3.05) is 7.05 Å². The molecule has 1 aromatic heterocycles. The monoisotopic (exact) mass is 240 g/mol. The van der Waals surface area contributed by atoms with Crippen LogP contribution in [0.2, 0.25) is 0 Å². The highest BCUT2D eigenvalue weighted by molar-refractivity contribution is 6.06. The van der Waals surface area contributed by atoms with Crippen LogP contribution in [0, 0.1) is 11.3 Å². The molecule has 90 valence electrons. The van der Waals surface area contributed by atoms with Gasteiger partial charge < -0.3 is 4.90 Å². The lowest BCUT2D eigenvalue weighted by Gasteiger charge is -2.16. The molecule has 0 N–H and O–H groups in total. The van der Waals surface area contributed by atoms with E-state index >= 15 is 0 Å². The van der Waals surface area contributed by atoms with Gasteiger partial charge in [-0.25, -0.2) is 4.98 Å². The van der Waals surface area contributed by atoms with Crippen LogP contribution in [-0.4, -0.2) is 27.4 Å². The van der Waals surface area contributed by atoms with Gasteiger partial charge in [0.2, 0.25) is 0 Å². The summed E-state index contributed by atoms with van der Waals surface area (Å²) >= 11 is 0. The van der Waals surface area contributed by atoms with Crippen molar-refractivity contribution in [2.45, 2.75) is 19.4 Å². The number of amides is 1. The van der Waals surface area contributed by atoms with Crippen LogP contribution >= 0.6 is 0 Å². The molecule has 1 amide bonds. The summed E-state index contributed by atoms with van der Waals surface area (Å²) in [5.74, 6) is 0.00791. The van der Waals surface area contributed by atoms with E-state index in [0.29, 0.717) is 17.8 Å². The number of hydrogen-bond donors (Lipinski definition) is 0. The van der Waals surface area contributed by atoms with Crippen molar-refractivity contribution in [2.24, 2.45) is 0 Å². The zero-order chi connectivity index (χ0) is 12.7. The third kappa shape index (κ3) is 1.39. The Morgan fingerprint density at radius 1 is 1.39 bits per heavy atom. The van der Waals surface area contributed by atoms with Crippen LogP contribution in [0.4, 0.5) is 0 Å².